The van der Waals surface area contributed by atoms with E-state index in [1.807, 2.05) is 6.08 Å². The minimum atomic E-state index is -0.254. The average molecular weight is 302 g/mol. The summed E-state index contributed by atoms with van der Waals surface area (Å²) in [6.07, 6.45) is 2.71. The second kappa shape index (κ2) is 5.92. The Morgan fingerprint density at radius 1 is 1.32 bits per heavy atom. The quantitative estimate of drug-likeness (QED) is 0.902. The van der Waals surface area contributed by atoms with Gasteiger partial charge in [0.1, 0.15) is 12.4 Å². The van der Waals surface area contributed by atoms with E-state index >= 15 is 0 Å². The zero-order valence-electron chi connectivity index (χ0n) is 11.8. The molecule has 2 aromatic rings. The Hall–Kier alpha value is -2.77. The first-order chi connectivity index (χ1) is 10.6. The second-order valence-corrected chi connectivity index (χ2v) is 5.02. The maximum absolute atomic E-state index is 12.9. The molecular formula is C14H15FN6O. The summed E-state index contributed by atoms with van der Waals surface area (Å²) in [5.41, 5.74) is 7.64. The number of nitrogens with zero attached hydrogens (tertiary/aromatic N) is 5. The molecule has 2 N–H and O–H groups in total. The first-order valence-corrected chi connectivity index (χ1v) is 6.88. The van der Waals surface area contributed by atoms with E-state index in [9.17, 15) is 9.18 Å². The van der Waals surface area contributed by atoms with Crippen LogP contribution in [-0.4, -0.2) is 44.1 Å². The lowest BCUT2D eigenvalue weighted by atomic mass is 9.99. The Labute approximate surface area is 126 Å². The van der Waals surface area contributed by atoms with Crippen molar-refractivity contribution in [2.24, 2.45) is 0 Å². The fourth-order valence-electron chi connectivity index (χ4n) is 2.37. The minimum absolute atomic E-state index is 0.0263. The van der Waals surface area contributed by atoms with Crippen LogP contribution in [0.5, 0.6) is 0 Å². The van der Waals surface area contributed by atoms with Crippen LogP contribution in [0, 0.1) is 5.82 Å². The number of carbonyl (C=O) groups excluding carboxylic acids is 1. The largest absolute Gasteiger partial charge is 0.367 e. The zero-order valence-corrected chi connectivity index (χ0v) is 11.8. The lowest BCUT2D eigenvalue weighted by molar-refractivity contribution is -0.131. The van der Waals surface area contributed by atoms with Crippen molar-refractivity contribution in [1.82, 2.24) is 25.1 Å². The molecule has 0 fully saturated rings. The van der Waals surface area contributed by atoms with Gasteiger partial charge in [0.2, 0.25) is 11.9 Å². The van der Waals surface area contributed by atoms with Gasteiger partial charge >= 0.3 is 0 Å². The van der Waals surface area contributed by atoms with Crippen LogP contribution in [0.15, 0.2) is 30.3 Å². The topological polar surface area (TPSA) is 89.9 Å². The lowest BCUT2D eigenvalue weighted by Crippen LogP contribution is -2.37. The smallest absolute Gasteiger partial charge is 0.244 e. The fourth-order valence-corrected chi connectivity index (χ4v) is 2.37. The van der Waals surface area contributed by atoms with Gasteiger partial charge in [0.25, 0.3) is 0 Å². The molecule has 22 heavy (non-hydrogen) atoms. The normalized spacial score (nSPS) is 14.8. The molecule has 0 spiro atoms. The van der Waals surface area contributed by atoms with Crippen molar-refractivity contribution in [2.75, 3.05) is 18.8 Å². The number of amides is 1. The third-order valence-corrected chi connectivity index (χ3v) is 3.62. The summed E-state index contributed by atoms with van der Waals surface area (Å²) in [6, 6.07) is 6.38. The third kappa shape index (κ3) is 2.95. The van der Waals surface area contributed by atoms with Crippen LogP contribution < -0.4 is 5.73 Å². The molecule has 114 valence electrons. The van der Waals surface area contributed by atoms with E-state index in [4.69, 9.17) is 5.73 Å². The summed E-state index contributed by atoms with van der Waals surface area (Å²) in [5, 5.41) is 10.6. The van der Waals surface area contributed by atoms with Gasteiger partial charge in [0, 0.05) is 13.1 Å². The number of halogens is 1. The molecule has 1 aliphatic rings. The van der Waals surface area contributed by atoms with Crippen LogP contribution >= 0.6 is 0 Å². The highest BCUT2D eigenvalue weighted by Gasteiger charge is 2.19. The molecule has 2 heterocycles. The van der Waals surface area contributed by atoms with E-state index in [0.717, 1.165) is 17.6 Å². The third-order valence-electron chi connectivity index (χ3n) is 3.62. The Bertz CT molecular complexity index is 708. The number of aromatic nitrogens is 4. The Kier molecular flexibility index (Phi) is 3.82. The van der Waals surface area contributed by atoms with Gasteiger partial charge < -0.3 is 10.6 Å². The summed E-state index contributed by atoms with van der Waals surface area (Å²) >= 11 is 0. The number of anilines is 1. The molecule has 0 bridgehead atoms. The van der Waals surface area contributed by atoms with Crippen molar-refractivity contribution in [1.29, 1.82) is 0 Å². The van der Waals surface area contributed by atoms with Crippen LogP contribution in [0.1, 0.15) is 12.0 Å². The number of hydrogen-bond acceptors (Lipinski definition) is 5. The summed E-state index contributed by atoms with van der Waals surface area (Å²) in [5.74, 6) is -0.225. The molecular weight excluding hydrogens is 287 g/mol. The standard InChI is InChI=1S/C14H15FN6O/c15-12-3-1-10(2-4-12)11-5-7-20(8-6-11)13(22)9-21-14(16)17-18-19-21/h1-5H,6-9H2,(H2,16,17,19). The van der Waals surface area contributed by atoms with Gasteiger partial charge in [-0.15, -0.1) is 0 Å². The number of nitrogen functional groups attached to an aromatic ring is 1. The van der Waals surface area contributed by atoms with Crippen molar-refractivity contribution in [3.05, 3.63) is 41.7 Å². The average Bonchev–Trinajstić information content (AvgIpc) is 2.93. The van der Waals surface area contributed by atoms with Gasteiger partial charge in [0.15, 0.2) is 0 Å². The van der Waals surface area contributed by atoms with E-state index in [0.29, 0.717) is 13.1 Å². The second-order valence-electron chi connectivity index (χ2n) is 5.02. The molecule has 0 radical (unpaired) electrons. The predicted octanol–water partition coefficient (Wildman–Crippen LogP) is 0.710. The number of carbonyl (C=O) groups is 1. The molecule has 1 amide bonds. The SMILES string of the molecule is Nc1nnnn1CC(=O)N1CC=C(c2ccc(F)cc2)CC1. The molecule has 1 aromatic heterocycles. The number of tetrazole rings is 1. The first-order valence-electron chi connectivity index (χ1n) is 6.88. The zero-order chi connectivity index (χ0) is 15.5. The summed E-state index contributed by atoms with van der Waals surface area (Å²) in [6.45, 7) is 1.14. The van der Waals surface area contributed by atoms with Gasteiger partial charge in [-0.05, 0) is 40.1 Å². The van der Waals surface area contributed by atoms with Crippen molar-refractivity contribution in [3.63, 3.8) is 0 Å². The van der Waals surface area contributed by atoms with Crippen molar-refractivity contribution in [3.8, 4) is 0 Å². The van der Waals surface area contributed by atoms with Gasteiger partial charge in [-0.2, -0.15) is 0 Å². The van der Waals surface area contributed by atoms with Gasteiger partial charge in [-0.25, -0.2) is 9.07 Å². The number of hydrogen-bond donors (Lipinski definition) is 1. The molecule has 1 aliphatic heterocycles. The van der Waals surface area contributed by atoms with Crippen LogP contribution in [-0.2, 0) is 11.3 Å². The Morgan fingerprint density at radius 3 is 2.68 bits per heavy atom. The molecule has 0 saturated carbocycles. The number of rotatable bonds is 3. The van der Waals surface area contributed by atoms with Gasteiger partial charge in [-0.1, -0.05) is 23.3 Å². The Balaban J connectivity index is 1.64. The van der Waals surface area contributed by atoms with E-state index in [-0.39, 0.29) is 24.2 Å². The summed E-state index contributed by atoms with van der Waals surface area (Å²) in [4.78, 5) is 13.9. The summed E-state index contributed by atoms with van der Waals surface area (Å²) in [7, 11) is 0. The van der Waals surface area contributed by atoms with Crippen LogP contribution in [0.2, 0.25) is 0 Å². The van der Waals surface area contributed by atoms with Crippen molar-refractivity contribution in [2.45, 2.75) is 13.0 Å². The predicted molar refractivity (Wildman–Crippen MR) is 77.8 cm³/mol. The molecule has 7 nitrogen and oxygen atoms in total. The molecule has 0 aliphatic carbocycles. The fraction of sp³-hybridized carbons (Fsp3) is 0.286. The number of benzene rings is 1. The van der Waals surface area contributed by atoms with Crippen LogP contribution in [0.4, 0.5) is 10.3 Å². The molecule has 0 saturated heterocycles. The highest BCUT2D eigenvalue weighted by atomic mass is 19.1. The van der Waals surface area contributed by atoms with E-state index in [1.165, 1.54) is 16.8 Å². The molecule has 8 heteroatoms. The van der Waals surface area contributed by atoms with Crippen molar-refractivity contribution >= 4 is 17.4 Å². The molecule has 0 atom stereocenters. The molecule has 3 rings (SSSR count). The maximum atomic E-state index is 12.9. The van der Waals surface area contributed by atoms with Crippen LogP contribution in [0.25, 0.3) is 5.57 Å². The highest BCUT2D eigenvalue weighted by molar-refractivity contribution is 5.78. The van der Waals surface area contributed by atoms with Gasteiger partial charge in [0.05, 0.1) is 0 Å². The minimum Gasteiger partial charge on any atom is -0.367 e. The number of nitrogens with two attached hydrogens (primary N) is 1. The molecule has 1 aromatic carbocycles. The lowest BCUT2D eigenvalue weighted by Gasteiger charge is -2.26. The highest BCUT2D eigenvalue weighted by Crippen LogP contribution is 2.22. The Morgan fingerprint density at radius 2 is 2.09 bits per heavy atom. The molecule has 0 unspecified atom stereocenters. The first kappa shape index (κ1) is 14.2. The summed E-state index contributed by atoms with van der Waals surface area (Å²) < 4.78 is 14.2. The monoisotopic (exact) mass is 302 g/mol. The van der Waals surface area contributed by atoms with Gasteiger partial charge in [-0.3, -0.25) is 4.79 Å². The maximum Gasteiger partial charge on any atom is 0.244 e. The van der Waals surface area contributed by atoms with E-state index < -0.39 is 0 Å². The van der Waals surface area contributed by atoms with E-state index in [2.05, 4.69) is 15.5 Å². The van der Waals surface area contributed by atoms with Crippen molar-refractivity contribution < 1.29 is 9.18 Å². The van der Waals surface area contributed by atoms with E-state index in [1.54, 1.807) is 17.0 Å². The van der Waals surface area contributed by atoms with Crippen LogP contribution in [0.3, 0.4) is 0 Å².